The summed E-state index contributed by atoms with van der Waals surface area (Å²) in [4.78, 5) is 4.19. The molecule has 0 amide bonds. The molecule has 2 aromatic rings. The van der Waals surface area contributed by atoms with Crippen molar-refractivity contribution in [1.82, 2.24) is 4.98 Å². The second-order valence-electron chi connectivity index (χ2n) is 3.81. The Morgan fingerprint density at radius 2 is 2.25 bits per heavy atom. The lowest BCUT2D eigenvalue weighted by atomic mass is 9.97. The van der Waals surface area contributed by atoms with Crippen LogP contribution in [0.3, 0.4) is 0 Å². The third-order valence-corrected chi connectivity index (χ3v) is 3.61. The quantitative estimate of drug-likeness (QED) is 0.843. The van der Waals surface area contributed by atoms with Gasteiger partial charge in [-0.05, 0) is 17.5 Å². The summed E-state index contributed by atoms with van der Waals surface area (Å²) in [5, 5.41) is 10.1. The van der Waals surface area contributed by atoms with Gasteiger partial charge in [-0.1, -0.05) is 36.8 Å². The Hall–Kier alpha value is -1.31. The number of nitrogens with two attached hydrogens (primary N) is 1. The molecule has 82 valence electrons. The average Bonchev–Trinajstić information content (AvgIpc) is 2.55. The molecule has 0 saturated heterocycles. The SMILES string of the molecule is CC(C)c1c(C#N)c(Cl)cc2nc(N)sc12. The normalized spacial score (nSPS) is 10.9. The highest BCUT2D eigenvalue weighted by Crippen LogP contribution is 2.37. The van der Waals surface area contributed by atoms with Crippen molar-refractivity contribution in [2.24, 2.45) is 0 Å². The van der Waals surface area contributed by atoms with E-state index in [1.165, 1.54) is 11.3 Å². The number of benzene rings is 1. The molecule has 16 heavy (non-hydrogen) atoms. The molecule has 5 heteroatoms. The highest BCUT2D eigenvalue weighted by atomic mass is 35.5. The van der Waals surface area contributed by atoms with Gasteiger partial charge in [-0.2, -0.15) is 5.26 Å². The predicted molar refractivity (Wildman–Crippen MR) is 67.8 cm³/mol. The molecule has 0 unspecified atom stereocenters. The Labute approximate surface area is 102 Å². The van der Waals surface area contributed by atoms with Crippen molar-refractivity contribution in [2.45, 2.75) is 19.8 Å². The summed E-state index contributed by atoms with van der Waals surface area (Å²) in [5.41, 5.74) is 7.93. The van der Waals surface area contributed by atoms with Crippen molar-refractivity contribution in [3.05, 3.63) is 22.2 Å². The summed E-state index contributed by atoms with van der Waals surface area (Å²) < 4.78 is 0.966. The fourth-order valence-corrected chi connectivity index (χ4v) is 3.00. The molecule has 0 radical (unpaired) electrons. The molecule has 3 nitrogen and oxygen atoms in total. The number of aromatic nitrogens is 1. The lowest BCUT2D eigenvalue weighted by molar-refractivity contribution is 0.874. The number of nitrogen functional groups attached to an aromatic ring is 1. The maximum absolute atomic E-state index is 9.13. The van der Waals surface area contributed by atoms with Crippen molar-refractivity contribution in [2.75, 3.05) is 5.73 Å². The van der Waals surface area contributed by atoms with E-state index in [1.807, 2.05) is 13.8 Å². The molecule has 0 aliphatic carbocycles. The summed E-state index contributed by atoms with van der Waals surface area (Å²) in [6, 6.07) is 3.86. The smallest absolute Gasteiger partial charge is 0.181 e. The molecular formula is C11H10ClN3S. The van der Waals surface area contributed by atoms with Crippen molar-refractivity contribution in [3.63, 3.8) is 0 Å². The molecule has 1 heterocycles. The van der Waals surface area contributed by atoms with Crippen LogP contribution in [-0.2, 0) is 0 Å². The van der Waals surface area contributed by atoms with E-state index in [9.17, 15) is 0 Å². The van der Waals surface area contributed by atoms with Crippen LogP contribution in [0.4, 0.5) is 5.13 Å². The minimum absolute atomic E-state index is 0.218. The van der Waals surface area contributed by atoms with Crippen LogP contribution in [-0.4, -0.2) is 4.98 Å². The fourth-order valence-electron chi connectivity index (χ4n) is 1.74. The molecular weight excluding hydrogens is 242 g/mol. The maximum Gasteiger partial charge on any atom is 0.181 e. The number of thiazole rings is 1. The van der Waals surface area contributed by atoms with Gasteiger partial charge in [-0.15, -0.1) is 0 Å². The van der Waals surface area contributed by atoms with Gasteiger partial charge in [-0.3, -0.25) is 0 Å². The van der Waals surface area contributed by atoms with Crippen LogP contribution in [0.5, 0.6) is 0 Å². The van der Waals surface area contributed by atoms with E-state index in [1.54, 1.807) is 6.07 Å². The van der Waals surface area contributed by atoms with Crippen molar-refractivity contribution in [1.29, 1.82) is 5.26 Å². The monoisotopic (exact) mass is 251 g/mol. The Morgan fingerprint density at radius 1 is 1.56 bits per heavy atom. The topological polar surface area (TPSA) is 62.7 Å². The maximum atomic E-state index is 9.13. The number of fused-ring (bicyclic) bond motifs is 1. The molecule has 2 rings (SSSR count). The number of halogens is 1. The minimum Gasteiger partial charge on any atom is -0.375 e. The second kappa shape index (κ2) is 3.93. The van der Waals surface area contributed by atoms with E-state index in [0.29, 0.717) is 15.7 Å². The van der Waals surface area contributed by atoms with Crippen LogP contribution in [0.25, 0.3) is 10.2 Å². The molecule has 0 aliphatic heterocycles. The van der Waals surface area contributed by atoms with Crippen molar-refractivity contribution >= 4 is 38.3 Å². The van der Waals surface area contributed by atoms with E-state index in [-0.39, 0.29) is 5.92 Å². The molecule has 0 fully saturated rings. The van der Waals surface area contributed by atoms with Gasteiger partial charge in [0.15, 0.2) is 5.13 Å². The number of nitrogens with zero attached hydrogens (tertiary/aromatic N) is 2. The Kier molecular flexibility index (Phi) is 2.75. The van der Waals surface area contributed by atoms with Crippen LogP contribution in [0, 0.1) is 11.3 Å². The molecule has 2 N–H and O–H groups in total. The molecule has 1 aromatic heterocycles. The molecule has 0 spiro atoms. The van der Waals surface area contributed by atoms with Gasteiger partial charge in [0, 0.05) is 0 Å². The number of nitriles is 1. The summed E-state index contributed by atoms with van der Waals surface area (Å²) in [7, 11) is 0. The predicted octanol–water partition coefficient (Wildman–Crippen LogP) is 3.53. The standard InChI is InChI=1S/C11H10ClN3S/c1-5(2)9-6(4-13)7(12)3-8-10(9)16-11(14)15-8/h3,5H,1-2H3,(H2,14,15). The largest absolute Gasteiger partial charge is 0.375 e. The first-order valence-electron chi connectivity index (χ1n) is 4.83. The number of rotatable bonds is 1. The summed E-state index contributed by atoms with van der Waals surface area (Å²) in [5.74, 6) is 0.218. The van der Waals surface area contributed by atoms with E-state index in [4.69, 9.17) is 22.6 Å². The van der Waals surface area contributed by atoms with Crippen LogP contribution in [0.2, 0.25) is 5.02 Å². The first-order valence-corrected chi connectivity index (χ1v) is 6.02. The lowest BCUT2D eigenvalue weighted by Gasteiger charge is -2.09. The second-order valence-corrected chi connectivity index (χ2v) is 5.25. The number of anilines is 1. The first-order chi connectivity index (χ1) is 7.54. The third-order valence-electron chi connectivity index (χ3n) is 2.38. The summed E-state index contributed by atoms with van der Waals surface area (Å²) in [6.07, 6.45) is 0. The molecule has 0 bridgehead atoms. The summed E-state index contributed by atoms with van der Waals surface area (Å²) in [6.45, 7) is 4.06. The van der Waals surface area contributed by atoms with Crippen LogP contribution in [0.1, 0.15) is 30.9 Å². The van der Waals surface area contributed by atoms with Crippen molar-refractivity contribution in [3.8, 4) is 6.07 Å². The molecule has 1 aromatic carbocycles. The minimum atomic E-state index is 0.218. The van der Waals surface area contributed by atoms with E-state index in [0.717, 1.165) is 15.8 Å². The molecule has 0 atom stereocenters. The Morgan fingerprint density at radius 3 is 2.81 bits per heavy atom. The summed E-state index contributed by atoms with van der Waals surface area (Å²) >= 11 is 7.47. The first kappa shape index (κ1) is 11.2. The fraction of sp³-hybridized carbons (Fsp3) is 0.273. The Balaban J connectivity index is 2.93. The zero-order valence-electron chi connectivity index (χ0n) is 8.91. The van der Waals surface area contributed by atoms with Crippen LogP contribution < -0.4 is 5.73 Å². The lowest BCUT2D eigenvalue weighted by Crippen LogP contribution is -1.94. The van der Waals surface area contributed by atoms with Gasteiger partial charge in [0.25, 0.3) is 0 Å². The highest BCUT2D eigenvalue weighted by Gasteiger charge is 2.17. The van der Waals surface area contributed by atoms with Gasteiger partial charge in [0.1, 0.15) is 6.07 Å². The third kappa shape index (κ3) is 1.62. The average molecular weight is 252 g/mol. The zero-order chi connectivity index (χ0) is 11.9. The molecule has 0 aliphatic rings. The van der Waals surface area contributed by atoms with Gasteiger partial charge in [0.05, 0.1) is 20.8 Å². The van der Waals surface area contributed by atoms with Crippen molar-refractivity contribution < 1.29 is 0 Å². The van der Waals surface area contributed by atoms with Gasteiger partial charge in [0.2, 0.25) is 0 Å². The Bertz CT molecular complexity index is 595. The molecule has 0 saturated carbocycles. The van der Waals surface area contributed by atoms with Gasteiger partial charge < -0.3 is 5.73 Å². The van der Waals surface area contributed by atoms with E-state index < -0.39 is 0 Å². The van der Waals surface area contributed by atoms with Gasteiger partial charge in [-0.25, -0.2) is 4.98 Å². The van der Waals surface area contributed by atoms with E-state index >= 15 is 0 Å². The highest BCUT2D eigenvalue weighted by molar-refractivity contribution is 7.22. The number of hydrogen-bond acceptors (Lipinski definition) is 4. The zero-order valence-corrected chi connectivity index (χ0v) is 10.5. The number of hydrogen-bond donors (Lipinski definition) is 1. The van der Waals surface area contributed by atoms with Gasteiger partial charge >= 0.3 is 0 Å². The van der Waals surface area contributed by atoms with Crippen LogP contribution in [0.15, 0.2) is 6.07 Å². The van der Waals surface area contributed by atoms with Crippen LogP contribution >= 0.6 is 22.9 Å². The van der Waals surface area contributed by atoms with E-state index in [2.05, 4.69) is 11.1 Å².